The highest BCUT2D eigenvalue weighted by Gasteiger charge is 2.61. The number of amides is 1. The Labute approximate surface area is 168 Å². The molecule has 2 aliphatic carbocycles. The van der Waals surface area contributed by atoms with E-state index in [4.69, 9.17) is 4.52 Å². The van der Waals surface area contributed by atoms with Gasteiger partial charge in [0.25, 0.3) is 5.91 Å². The Morgan fingerprint density at radius 2 is 2.07 bits per heavy atom. The molecule has 2 saturated carbocycles. The number of fused-ring (bicyclic) bond motifs is 1. The lowest BCUT2D eigenvalue weighted by atomic mass is 9.88. The molecule has 2 N–H and O–H groups in total. The van der Waals surface area contributed by atoms with Crippen LogP contribution >= 0.6 is 0 Å². The van der Waals surface area contributed by atoms with Crippen LogP contribution in [0.3, 0.4) is 0 Å². The number of nitrogens with one attached hydrogen (secondary N) is 1. The van der Waals surface area contributed by atoms with Gasteiger partial charge in [0.15, 0.2) is 5.76 Å². The van der Waals surface area contributed by atoms with Gasteiger partial charge < -0.3 is 14.9 Å². The molecular weight excluding hydrogens is 394 g/mol. The van der Waals surface area contributed by atoms with Crippen LogP contribution in [0.2, 0.25) is 0 Å². The topological polar surface area (TPSA) is 113 Å². The van der Waals surface area contributed by atoms with Crippen LogP contribution in [0.1, 0.15) is 34.7 Å². The third-order valence-corrected chi connectivity index (χ3v) is 8.64. The van der Waals surface area contributed by atoms with E-state index in [9.17, 15) is 18.3 Å². The van der Waals surface area contributed by atoms with Gasteiger partial charge in [-0.25, -0.2) is 8.42 Å². The minimum Gasteiger partial charge on any atom is -0.391 e. The Morgan fingerprint density at radius 1 is 1.28 bits per heavy atom. The molecule has 154 valence electrons. The number of aromatic nitrogens is 1. The monoisotopic (exact) mass is 417 g/mol. The molecule has 1 aliphatic heterocycles. The van der Waals surface area contributed by atoms with Gasteiger partial charge in [-0.3, -0.25) is 4.79 Å². The quantitative estimate of drug-likeness (QED) is 0.786. The molecule has 1 aromatic carbocycles. The van der Waals surface area contributed by atoms with E-state index < -0.39 is 22.0 Å². The molecule has 2 heterocycles. The maximum Gasteiger partial charge on any atom is 0.255 e. The van der Waals surface area contributed by atoms with E-state index in [1.54, 1.807) is 26.0 Å². The van der Waals surface area contributed by atoms with Crippen molar-refractivity contribution in [1.29, 1.82) is 0 Å². The molecule has 9 heteroatoms. The molecule has 3 fully saturated rings. The van der Waals surface area contributed by atoms with Crippen molar-refractivity contribution < 1.29 is 22.8 Å². The summed E-state index contributed by atoms with van der Waals surface area (Å²) in [5, 5.41) is 17.1. The number of carbonyl (C=O) groups excluding carboxylic acids is 1. The smallest absolute Gasteiger partial charge is 0.255 e. The lowest BCUT2D eigenvalue weighted by Gasteiger charge is -2.28. The van der Waals surface area contributed by atoms with E-state index in [0.717, 1.165) is 12.8 Å². The zero-order valence-electron chi connectivity index (χ0n) is 16.2. The first-order chi connectivity index (χ1) is 13.8. The number of hydrogen-bond donors (Lipinski definition) is 2. The summed E-state index contributed by atoms with van der Waals surface area (Å²) < 4.78 is 33.2. The average molecular weight is 417 g/mol. The lowest BCUT2D eigenvalue weighted by molar-refractivity contribution is 0.0731. The summed E-state index contributed by atoms with van der Waals surface area (Å²) >= 11 is 0. The second kappa shape index (κ2) is 6.38. The lowest BCUT2D eigenvalue weighted by Crippen LogP contribution is -2.43. The normalized spacial score (nSPS) is 30.8. The van der Waals surface area contributed by atoms with Crippen LogP contribution in [0.5, 0.6) is 0 Å². The van der Waals surface area contributed by atoms with Gasteiger partial charge in [0.05, 0.1) is 17.0 Å². The van der Waals surface area contributed by atoms with Crippen LogP contribution in [0, 0.1) is 31.6 Å². The molecule has 5 unspecified atom stereocenters. The number of carbonyl (C=O) groups is 1. The molecule has 2 aromatic rings. The molecule has 29 heavy (non-hydrogen) atoms. The average Bonchev–Trinajstić information content (AvgIpc) is 3.40. The van der Waals surface area contributed by atoms with E-state index in [2.05, 4.69) is 10.5 Å². The number of anilines is 1. The van der Waals surface area contributed by atoms with Gasteiger partial charge in [-0.2, -0.15) is 4.31 Å². The number of aliphatic hydroxyl groups excluding tert-OH is 1. The second-order valence-electron chi connectivity index (χ2n) is 8.39. The highest BCUT2D eigenvalue weighted by molar-refractivity contribution is 7.89. The predicted molar refractivity (Wildman–Crippen MR) is 104 cm³/mol. The van der Waals surface area contributed by atoms with Crippen molar-refractivity contribution in [2.75, 3.05) is 11.9 Å². The van der Waals surface area contributed by atoms with Crippen molar-refractivity contribution in [3.63, 3.8) is 0 Å². The van der Waals surface area contributed by atoms with Gasteiger partial charge in [-0.15, -0.1) is 0 Å². The number of sulfonamides is 1. The standard InChI is InChI=1S/C20H23N3O5S/c1-10-17(11(2)28-22-10)21-20(25)12-4-3-5-15(7-12)29(26,27)23-9-14-6-13-8-16(14)18(23)19(13)24/h3-5,7,13-14,16,18-19,24H,6,8-9H2,1-2H3,(H,21,25). The molecule has 3 aliphatic rings. The molecule has 0 radical (unpaired) electrons. The van der Waals surface area contributed by atoms with E-state index >= 15 is 0 Å². The van der Waals surface area contributed by atoms with Gasteiger partial charge in [0, 0.05) is 12.1 Å². The van der Waals surface area contributed by atoms with Crippen LogP contribution < -0.4 is 5.32 Å². The zero-order chi connectivity index (χ0) is 20.5. The van der Waals surface area contributed by atoms with Crippen molar-refractivity contribution >= 4 is 21.6 Å². The van der Waals surface area contributed by atoms with E-state index in [1.165, 1.54) is 16.4 Å². The zero-order valence-corrected chi connectivity index (χ0v) is 17.0. The van der Waals surface area contributed by atoms with Crippen LogP contribution in [-0.4, -0.2) is 47.6 Å². The second-order valence-corrected chi connectivity index (χ2v) is 10.3. The van der Waals surface area contributed by atoms with Crippen LogP contribution in [0.15, 0.2) is 33.7 Å². The summed E-state index contributed by atoms with van der Waals surface area (Å²) in [6, 6.07) is 5.68. The van der Waals surface area contributed by atoms with Gasteiger partial charge in [-0.1, -0.05) is 11.2 Å². The SMILES string of the molecule is Cc1noc(C)c1NC(=O)c1cccc(S(=O)(=O)N2CC3CC4CC3C2C4O)c1. The van der Waals surface area contributed by atoms with Gasteiger partial charge >= 0.3 is 0 Å². The fourth-order valence-electron chi connectivity index (χ4n) is 5.42. The van der Waals surface area contributed by atoms with Crippen molar-refractivity contribution in [2.45, 2.75) is 43.7 Å². The third kappa shape index (κ3) is 2.75. The van der Waals surface area contributed by atoms with Crippen molar-refractivity contribution in [1.82, 2.24) is 9.46 Å². The minimum absolute atomic E-state index is 0.0702. The molecule has 8 nitrogen and oxygen atoms in total. The van der Waals surface area contributed by atoms with Crippen LogP contribution in [-0.2, 0) is 10.0 Å². The minimum atomic E-state index is -3.80. The maximum absolute atomic E-state index is 13.3. The molecule has 0 spiro atoms. The van der Waals surface area contributed by atoms with Crippen molar-refractivity contribution in [3.8, 4) is 0 Å². The number of benzene rings is 1. The fraction of sp³-hybridized carbons (Fsp3) is 0.500. The van der Waals surface area contributed by atoms with E-state index in [0.29, 0.717) is 29.6 Å². The number of rotatable bonds is 4. The summed E-state index contributed by atoms with van der Waals surface area (Å²) in [6.45, 7) is 3.86. The number of aliphatic hydroxyl groups is 1. The first kappa shape index (κ1) is 18.8. The molecule has 5 rings (SSSR count). The Hall–Kier alpha value is -2.23. The molecule has 1 amide bonds. The largest absolute Gasteiger partial charge is 0.391 e. The van der Waals surface area contributed by atoms with E-state index in [1.807, 2.05) is 0 Å². The van der Waals surface area contributed by atoms with Crippen molar-refractivity contribution in [3.05, 3.63) is 41.3 Å². The van der Waals surface area contributed by atoms with Gasteiger partial charge in [0.1, 0.15) is 11.4 Å². The maximum atomic E-state index is 13.3. The third-order valence-electron chi connectivity index (χ3n) is 6.78. The molecular formula is C20H23N3O5S. The summed E-state index contributed by atoms with van der Waals surface area (Å²) in [5.74, 6) is 0.836. The number of aryl methyl sites for hydroxylation is 2. The summed E-state index contributed by atoms with van der Waals surface area (Å²) in [6.07, 6.45) is 1.20. The Kier molecular flexibility index (Phi) is 4.13. The van der Waals surface area contributed by atoms with Crippen molar-refractivity contribution in [2.24, 2.45) is 17.8 Å². The Bertz CT molecular complexity index is 1070. The first-order valence-electron chi connectivity index (χ1n) is 9.81. The Balaban J connectivity index is 1.43. The van der Waals surface area contributed by atoms with Crippen LogP contribution in [0.4, 0.5) is 5.69 Å². The van der Waals surface area contributed by atoms with E-state index in [-0.39, 0.29) is 28.3 Å². The van der Waals surface area contributed by atoms with Crippen LogP contribution in [0.25, 0.3) is 0 Å². The molecule has 1 saturated heterocycles. The van der Waals surface area contributed by atoms with Gasteiger partial charge in [-0.05, 0) is 62.6 Å². The first-order valence-corrected chi connectivity index (χ1v) is 11.3. The summed E-state index contributed by atoms with van der Waals surface area (Å²) in [4.78, 5) is 12.8. The number of hydrogen-bond acceptors (Lipinski definition) is 6. The fourth-order valence-corrected chi connectivity index (χ4v) is 7.20. The highest BCUT2D eigenvalue weighted by atomic mass is 32.2. The summed E-state index contributed by atoms with van der Waals surface area (Å²) in [5.41, 5.74) is 1.27. The summed E-state index contributed by atoms with van der Waals surface area (Å²) in [7, 11) is -3.80. The van der Waals surface area contributed by atoms with Gasteiger partial charge in [0.2, 0.25) is 10.0 Å². The molecule has 5 atom stereocenters. The highest BCUT2D eigenvalue weighted by Crippen LogP contribution is 2.56. The molecule has 2 bridgehead atoms. The number of nitrogens with zero attached hydrogens (tertiary/aromatic N) is 2. The molecule has 1 aromatic heterocycles. The Morgan fingerprint density at radius 3 is 2.76 bits per heavy atom. The predicted octanol–water partition coefficient (Wildman–Crippen LogP) is 1.93.